The molecule has 1 aliphatic heterocycles. The van der Waals surface area contributed by atoms with E-state index in [1.54, 1.807) is 0 Å². The standard InChI is InChI=1S/C32H36N2OS2/c1-31(2,3)25-14-10-22(11-15-25)20-34(21-23-12-16-26(17-13-23)32(4,5)6)27-9-7-8-24(18-27)19-28-29(35)33-30(36)37-28/h7-19H,20-21H2,1-6H3,(H,33,35,36). The number of nitrogens with one attached hydrogen (secondary N) is 1. The molecule has 3 aromatic rings. The fourth-order valence-electron chi connectivity index (χ4n) is 4.28. The van der Waals surface area contributed by atoms with Gasteiger partial charge < -0.3 is 10.2 Å². The van der Waals surface area contributed by atoms with Crippen LogP contribution in [-0.2, 0) is 28.7 Å². The summed E-state index contributed by atoms with van der Waals surface area (Å²) in [5, 5.41) is 2.70. The fourth-order valence-corrected chi connectivity index (χ4v) is 5.33. The smallest absolute Gasteiger partial charge is 0.263 e. The monoisotopic (exact) mass is 528 g/mol. The number of carbonyl (C=O) groups is 1. The van der Waals surface area contributed by atoms with E-state index in [1.165, 1.54) is 34.0 Å². The molecule has 0 spiro atoms. The molecule has 0 atom stereocenters. The van der Waals surface area contributed by atoms with Crippen molar-refractivity contribution in [2.45, 2.75) is 65.5 Å². The minimum atomic E-state index is -0.130. The third kappa shape index (κ3) is 7.12. The van der Waals surface area contributed by atoms with Gasteiger partial charge in [-0.1, -0.05) is 126 Å². The first-order chi connectivity index (χ1) is 17.4. The van der Waals surface area contributed by atoms with Gasteiger partial charge in [-0.15, -0.1) is 0 Å². The first-order valence-corrected chi connectivity index (χ1v) is 13.9. The molecule has 3 aromatic carbocycles. The number of carbonyl (C=O) groups excluding carboxylic acids is 1. The quantitative estimate of drug-likeness (QED) is 0.260. The molecule has 4 rings (SSSR count). The first-order valence-electron chi connectivity index (χ1n) is 12.7. The van der Waals surface area contributed by atoms with Crippen molar-refractivity contribution < 1.29 is 4.79 Å². The number of thiocarbonyl (C=S) groups is 1. The van der Waals surface area contributed by atoms with Gasteiger partial charge in [-0.05, 0) is 56.9 Å². The summed E-state index contributed by atoms with van der Waals surface area (Å²) in [7, 11) is 0. The van der Waals surface area contributed by atoms with Gasteiger partial charge in [0.15, 0.2) is 0 Å². The van der Waals surface area contributed by atoms with Gasteiger partial charge >= 0.3 is 0 Å². The fraction of sp³-hybridized carbons (Fsp3) is 0.312. The van der Waals surface area contributed by atoms with Crippen molar-refractivity contribution in [2.75, 3.05) is 4.90 Å². The molecule has 0 saturated carbocycles. The van der Waals surface area contributed by atoms with Crippen LogP contribution in [-0.4, -0.2) is 10.2 Å². The number of nitrogens with zero attached hydrogens (tertiary/aromatic N) is 1. The average Bonchev–Trinajstić information content (AvgIpc) is 3.14. The SMILES string of the molecule is CC(C)(C)c1ccc(CN(Cc2ccc(C(C)(C)C)cc2)c2cccc(C=C3SC(=S)NC3=O)c2)cc1. The molecule has 192 valence electrons. The van der Waals surface area contributed by atoms with Gasteiger partial charge in [0, 0.05) is 18.8 Å². The highest BCUT2D eigenvalue weighted by Crippen LogP contribution is 2.29. The Kier molecular flexibility index (Phi) is 7.96. The molecule has 1 saturated heterocycles. The lowest BCUT2D eigenvalue weighted by atomic mass is 9.86. The van der Waals surface area contributed by atoms with Gasteiger partial charge in [0.1, 0.15) is 4.32 Å². The van der Waals surface area contributed by atoms with Crippen LogP contribution in [0.2, 0.25) is 0 Å². The van der Waals surface area contributed by atoms with Gasteiger partial charge in [-0.25, -0.2) is 0 Å². The Hall–Kier alpha value is -2.89. The maximum absolute atomic E-state index is 12.2. The van der Waals surface area contributed by atoms with Crippen molar-refractivity contribution in [1.29, 1.82) is 0 Å². The molecule has 0 aliphatic carbocycles. The summed E-state index contributed by atoms with van der Waals surface area (Å²) < 4.78 is 0.506. The van der Waals surface area contributed by atoms with Gasteiger partial charge in [0.05, 0.1) is 4.91 Å². The van der Waals surface area contributed by atoms with Gasteiger partial charge in [-0.3, -0.25) is 4.79 Å². The van der Waals surface area contributed by atoms with E-state index in [1.807, 2.05) is 12.1 Å². The Labute approximate surface area is 231 Å². The van der Waals surface area contributed by atoms with E-state index in [4.69, 9.17) is 12.2 Å². The molecule has 1 amide bonds. The topological polar surface area (TPSA) is 32.3 Å². The van der Waals surface area contributed by atoms with Crippen LogP contribution in [0.15, 0.2) is 77.7 Å². The molecular weight excluding hydrogens is 492 g/mol. The summed E-state index contributed by atoms with van der Waals surface area (Å²) in [5.74, 6) is -0.130. The predicted octanol–water partition coefficient (Wildman–Crippen LogP) is 7.98. The molecule has 0 bridgehead atoms. The number of hydrogen-bond acceptors (Lipinski definition) is 4. The maximum atomic E-state index is 12.2. The number of amides is 1. The summed E-state index contributed by atoms with van der Waals surface area (Å²) in [6.45, 7) is 15.0. The summed E-state index contributed by atoms with van der Waals surface area (Å²) >= 11 is 6.46. The summed E-state index contributed by atoms with van der Waals surface area (Å²) in [4.78, 5) is 15.2. The Morgan fingerprint density at radius 1 is 0.811 bits per heavy atom. The minimum absolute atomic E-state index is 0.127. The molecule has 1 N–H and O–H groups in total. The highest BCUT2D eigenvalue weighted by atomic mass is 32.2. The summed E-state index contributed by atoms with van der Waals surface area (Å²) in [5.41, 5.74) is 7.54. The van der Waals surface area contributed by atoms with Crippen LogP contribution in [0, 0.1) is 0 Å². The van der Waals surface area contributed by atoms with Crippen molar-refractivity contribution >= 4 is 46.0 Å². The third-order valence-electron chi connectivity index (χ3n) is 6.56. The number of anilines is 1. The van der Waals surface area contributed by atoms with E-state index in [-0.39, 0.29) is 16.7 Å². The van der Waals surface area contributed by atoms with Crippen LogP contribution < -0.4 is 10.2 Å². The van der Waals surface area contributed by atoms with Crippen molar-refractivity contribution in [3.63, 3.8) is 0 Å². The van der Waals surface area contributed by atoms with Crippen molar-refractivity contribution in [3.8, 4) is 0 Å². The highest BCUT2D eigenvalue weighted by molar-refractivity contribution is 8.26. The Morgan fingerprint density at radius 2 is 1.32 bits per heavy atom. The number of rotatable bonds is 6. The van der Waals surface area contributed by atoms with Crippen LogP contribution in [0.5, 0.6) is 0 Å². The van der Waals surface area contributed by atoms with E-state index < -0.39 is 0 Å². The molecule has 0 radical (unpaired) electrons. The lowest BCUT2D eigenvalue weighted by Crippen LogP contribution is -2.22. The molecule has 3 nitrogen and oxygen atoms in total. The van der Waals surface area contributed by atoms with E-state index in [0.717, 1.165) is 24.3 Å². The average molecular weight is 529 g/mol. The first kappa shape index (κ1) is 27.2. The number of hydrogen-bond donors (Lipinski definition) is 1. The van der Waals surface area contributed by atoms with Gasteiger partial charge in [0.2, 0.25) is 0 Å². The van der Waals surface area contributed by atoms with Crippen LogP contribution in [0.1, 0.15) is 69.4 Å². The summed E-state index contributed by atoms with van der Waals surface area (Å²) in [6.07, 6.45) is 1.91. The van der Waals surface area contributed by atoms with Crippen molar-refractivity contribution in [2.24, 2.45) is 0 Å². The lowest BCUT2D eigenvalue weighted by Gasteiger charge is -2.27. The van der Waals surface area contributed by atoms with Gasteiger partial charge in [-0.2, -0.15) is 0 Å². The highest BCUT2D eigenvalue weighted by Gasteiger charge is 2.22. The van der Waals surface area contributed by atoms with E-state index in [2.05, 4.69) is 118 Å². The zero-order valence-corrected chi connectivity index (χ0v) is 24.2. The second-order valence-electron chi connectivity index (χ2n) is 11.7. The second-order valence-corrected chi connectivity index (χ2v) is 13.4. The lowest BCUT2D eigenvalue weighted by molar-refractivity contribution is -0.115. The number of benzene rings is 3. The number of thioether (sulfide) groups is 1. The van der Waals surface area contributed by atoms with Crippen LogP contribution >= 0.6 is 24.0 Å². The van der Waals surface area contributed by atoms with Crippen molar-refractivity contribution in [3.05, 3.63) is 106 Å². The van der Waals surface area contributed by atoms with E-state index in [0.29, 0.717) is 9.23 Å². The zero-order chi connectivity index (χ0) is 26.8. The molecule has 1 heterocycles. The Morgan fingerprint density at radius 3 is 1.76 bits per heavy atom. The third-order valence-corrected chi connectivity index (χ3v) is 7.72. The summed E-state index contributed by atoms with van der Waals surface area (Å²) in [6, 6.07) is 26.3. The van der Waals surface area contributed by atoms with Crippen LogP contribution in [0.25, 0.3) is 6.08 Å². The Balaban J connectivity index is 1.64. The molecular formula is C32H36N2OS2. The molecule has 1 aliphatic rings. The molecule has 5 heteroatoms. The van der Waals surface area contributed by atoms with Crippen LogP contribution in [0.4, 0.5) is 5.69 Å². The van der Waals surface area contributed by atoms with E-state index >= 15 is 0 Å². The Bertz CT molecular complexity index is 1250. The second kappa shape index (κ2) is 10.8. The largest absolute Gasteiger partial charge is 0.363 e. The minimum Gasteiger partial charge on any atom is -0.363 e. The molecule has 0 unspecified atom stereocenters. The molecule has 0 aromatic heterocycles. The maximum Gasteiger partial charge on any atom is 0.263 e. The van der Waals surface area contributed by atoms with E-state index in [9.17, 15) is 4.79 Å². The van der Waals surface area contributed by atoms with Gasteiger partial charge in [0.25, 0.3) is 5.91 Å². The van der Waals surface area contributed by atoms with Crippen LogP contribution in [0.3, 0.4) is 0 Å². The molecule has 1 fully saturated rings. The molecule has 37 heavy (non-hydrogen) atoms. The zero-order valence-electron chi connectivity index (χ0n) is 22.6. The normalized spacial score (nSPS) is 15.2. The van der Waals surface area contributed by atoms with Crippen molar-refractivity contribution in [1.82, 2.24) is 5.32 Å². The predicted molar refractivity (Wildman–Crippen MR) is 163 cm³/mol.